The number of rotatable bonds is 5. The fraction of sp³-hybridized carbons (Fsp3) is 0.500. The van der Waals surface area contributed by atoms with Crippen LogP contribution in [-0.2, 0) is 24.1 Å². The van der Waals surface area contributed by atoms with Crippen LogP contribution in [0.25, 0.3) is 11.3 Å². The van der Waals surface area contributed by atoms with Crippen LogP contribution in [0.3, 0.4) is 0 Å². The van der Waals surface area contributed by atoms with Gasteiger partial charge in [0.1, 0.15) is 5.69 Å². The fourth-order valence-corrected chi connectivity index (χ4v) is 2.74. The number of carbonyl (C=O) groups is 1. The van der Waals surface area contributed by atoms with E-state index in [1.165, 1.54) is 0 Å². The van der Waals surface area contributed by atoms with Crippen LogP contribution in [0.4, 0.5) is 0 Å². The molecule has 0 aromatic carbocycles. The van der Waals surface area contributed by atoms with E-state index in [-0.39, 0.29) is 30.8 Å². The van der Waals surface area contributed by atoms with Crippen molar-refractivity contribution in [1.82, 2.24) is 20.0 Å². The number of hydrogen-bond acceptors (Lipinski definition) is 5. The molecule has 3 N–H and O–H groups in total. The number of fused-ring (bicyclic) bond motifs is 3. The summed E-state index contributed by atoms with van der Waals surface area (Å²) in [4.78, 5) is 12.3. The lowest BCUT2D eigenvalue weighted by molar-refractivity contribution is 0.0510. The van der Waals surface area contributed by atoms with Crippen molar-refractivity contribution < 1.29 is 9.53 Å². The average molecular weight is 362 g/mol. The molecule has 0 saturated carbocycles. The molecule has 2 heterocycles. The SMILES string of the molecule is CCOC(=O)c1c2c(nn1CCCN)-c1cn[nH]c1CC2.Cl.Cl. The summed E-state index contributed by atoms with van der Waals surface area (Å²) in [5.41, 5.74) is 9.98. The maximum atomic E-state index is 12.3. The molecule has 0 atom stereocenters. The third-order valence-electron chi connectivity index (χ3n) is 3.69. The molecular weight excluding hydrogens is 341 g/mol. The van der Waals surface area contributed by atoms with Gasteiger partial charge in [0.05, 0.1) is 18.5 Å². The van der Waals surface area contributed by atoms with Gasteiger partial charge in [0.15, 0.2) is 0 Å². The van der Waals surface area contributed by atoms with E-state index in [1.807, 2.05) is 0 Å². The van der Waals surface area contributed by atoms with Gasteiger partial charge in [0.2, 0.25) is 0 Å². The summed E-state index contributed by atoms with van der Waals surface area (Å²) in [6, 6.07) is 0. The van der Waals surface area contributed by atoms with Gasteiger partial charge in [-0.1, -0.05) is 0 Å². The van der Waals surface area contributed by atoms with Gasteiger partial charge in [-0.15, -0.1) is 24.8 Å². The highest BCUT2D eigenvalue weighted by atomic mass is 35.5. The number of nitrogens with two attached hydrogens (primary N) is 1. The summed E-state index contributed by atoms with van der Waals surface area (Å²) >= 11 is 0. The van der Waals surface area contributed by atoms with E-state index < -0.39 is 0 Å². The van der Waals surface area contributed by atoms with Crippen LogP contribution in [0.15, 0.2) is 6.20 Å². The molecule has 0 radical (unpaired) electrons. The molecule has 0 fully saturated rings. The lowest BCUT2D eigenvalue weighted by Gasteiger charge is -2.11. The van der Waals surface area contributed by atoms with Crippen molar-refractivity contribution in [2.75, 3.05) is 13.2 Å². The first kappa shape index (κ1) is 19.5. The first-order valence-corrected chi connectivity index (χ1v) is 7.25. The summed E-state index contributed by atoms with van der Waals surface area (Å²) in [7, 11) is 0. The van der Waals surface area contributed by atoms with E-state index in [2.05, 4.69) is 15.3 Å². The molecule has 0 aliphatic heterocycles. The number of esters is 1. The van der Waals surface area contributed by atoms with Crippen molar-refractivity contribution in [2.45, 2.75) is 32.7 Å². The molecule has 3 rings (SSSR count). The van der Waals surface area contributed by atoms with E-state index in [4.69, 9.17) is 10.5 Å². The Kier molecular flexibility index (Phi) is 7.05. The van der Waals surface area contributed by atoms with Crippen LogP contribution in [0.2, 0.25) is 0 Å². The first-order valence-electron chi connectivity index (χ1n) is 7.25. The number of nitrogens with one attached hydrogen (secondary N) is 1. The van der Waals surface area contributed by atoms with Gasteiger partial charge in [0, 0.05) is 23.4 Å². The van der Waals surface area contributed by atoms with Gasteiger partial charge in [-0.05, 0) is 32.7 Å². The molecule has 0 spiro atoms. The second-order valence-corrected chi connectivity index (χ2v) is 5.02. The van der Waals surface area contributed by atoms with E-state index in [1.54, 1.807) is 17.8 Å². The summed E-state index contributed by atoms with van der Waals surface area (Å²) in [5, 5.41) is 11.7. The van der Waals surface area contributed by atoms with Crippen LogP contribution < -0.4 is 5.73 Å². The Morgan fingerprint density at radius 2 is 2.22 bits per heavy atom. The highest BCUT2D eigenvalue weighted by Gasteiger charge is 2.29. The zero-order chi connectivity index (χ0) is 14.8. The minimum absolute atomic E-state index is 0. The number of nitrogens with zero attached hydrogens (tertiary/aromatic N) is 3. The quantitative estimate of drug-likeness (QED) is 0.790. The van der Waals surface area contributed by atoms with Crippen LogP contribution in [0.5, 0.6) is 0 Å². The predicted octanol–water partition coefficient (Wildman–Crippen LogP) is 1.74. The first-order chi connectivity index (χ1) is 10.3. The predicted molar refractivity (Wildman–Crippen MR) is 91.3 cm³/mol. The summed E-state index contributed by atoms with van der Waals surface area (Å²) in [5.74, 6) is -0.310. The van der Waals surface area contributed by atoms with E-state index in [9.17, 15) is 4.79 Å². The Balaban J connectivity index is 0.00000132. The van der Waals surface area contributed by atoms with E-state index in [0.717, 1.165) is 41.8 Å². The largest absolute Gasteiger partial charge is 0.461 e. The van der Waals surface area contributed by atoms with Gasteiger partial charge in [-0.3, -0.25) is 9.78 Å². The van der Waals surface area contributed by atoms with Crippen LogP contribution in [-0.4, -0.2) is 39.1 Å². The number of carbonyl (C=O) groups excluding carboxylic acids is 1. The van der Waals surface area contributed by atoms with Crippen molar-refractivity contribution in [1.29, 1.82) is 0 Å². The number of H-pyrrole nitrogens is 1. The zero-order valence-corrected chi connectivity index (χ0v) is 14.5. The molecule has 0 unspecified atom stereocenters. The topological polar surface area (TPSA) is 98.8 Å². The maximum absolute atomic E-state index is 12.3. The zero-order valence-electron chi connectivity index (χ0n) is 12.9. The fourth-order valence-electron chi connectivity index (χ4n) is 2.74. The van der Waals surface area contributed by atoms with Crippen molar-refractivity contribution in [3.05, 3.63) is 23.1 Å². The van der Waals surface area contributed by atoms with Crippen LogP contribution in [0.1, 0.15) is 35.1 Å². The van der Waals surface area contributed by atoms with Gasteiger partial charge < -0.3 is 10.5 Å². The van der Waals surface area contributed by atoms with Crippen LogP contribution >= 0.6 is 24.8 Å². The normalized spacial score (nSPS) is 11.7. The molecule has 2 aromatic heterocycles. The molecule has 7 nitrogen and oxygen atoms in total. The third-order valence-corrected chi connectivity index (χ3v) is 3.69. The number of aromatic amines is 1. The second-order valence-electron chi connectivity index (χ2n) is 5.02. The molecule has 0 saturated heterocycles. The lowest BCUT2D eigenvalue weighted by atomic mass is 9.94. The average Bonchev–Trinajstić information content (AvgIpc) is 3.08. The third kappa shape index (κ3) is 3.52. The van der Waals surface area contributed by atoms with Crippen molar-refractivity contribution >= 4 is 30.8 Å². The number of halogens is 2. The molecule has 9 heteroatoms. The molecule has 1 aliphatic carbocycles. The van der Waals surface area contributed by atoms with Crippen molar-refractivity contribution in [3.8, 4) is 11.3 Å². The minimum Gasteiger partial charge on any atom is -0.461 e. The van der Waals surface area contributed by atoms with E-state index >= 15 is 0 Å². The number of ether oxygens (including phenoxy) is 1. The van der Waals surface area contributed by atoms with Gasteiger partial charge >= 0.3 is 5.97 Å². The van der Waals surface area contributed by atoms with Gasteiger partial charge in [-0.2, -0.15) is 10.2 Å². The highest BCUT2D eigenvalue weighted by molar-refractivity contribution is 5.92. The molecule has 0 amide bonds. The molecule has 128 valence electrons. The highest BCUT2D eigenvalue weighted by Crippen LogP contribution is 2.33. The summed E-state index contributed by atoms with van der Waals surface area (Å²) < 4.78 is 6.92. The second kappa shape index (κ2) is 8.33. The number of aryl methyl sites for hydroxylation is 2. The minimum atomic E-state index is -0.310. The molecule has 0 bridgehead atoms. The Morgan fingerprint density at radius 3 is 2.91 bits per heavy atom. The number of hydrogen-bond donors (Lipinski definition) is 2. The standard InChI is InChI=1S/C14H19N5O2.2ClH/c1-2-21-14(20)13-9-4-5-11-10(8-16-17-11)12(9)18-19(13)7-3-6-15;;/h8H,2-7,15H2,1H3,(H,16,17);2*1H. The Morgan fingerprint density at radius 1 is 1.43 bits per heavy atom. The lowest BCUT2D eigenvalue weighted by Crippen LogP contribution is -2.17. The number of aromatic nitrogens is 4. The summed E-state index contributed by atoms with van der Waals surface area (Å²) in [6.45, 7) is 3.33. The van der Waals surface area contributed by atoms with Crippen molar-refractivity contribution in [3.63, 3.8) is 0 Å². The Labute approximate surface area is 146 Å². The van der Waals surface area contributed by atoms with Gasteiger partial charge in [0.25, 0.3) is 0 Å². The monoisotopic (exact) mass is 361 g/mol. The Bertz CT molecular complexity index is 668. The van der Waals surface area contributed by atoms with E-state index in [0.29, 0.717) is 25.4 Å². The molecular formula is C14H21Cl2N5O2. The van der Waals surface area contributed by atoms with Gasteiger partial charge in [-0.25, -0.2) is 4.79 Å². The maximum Gasteiger partial charge on any atom is 0.356 e. The van der Waals surface area contributed by atoms with Crippen LogP contribution in [0, 0.1) is 0 Å². The summed E-state index contributed by atoms with van der Waals surface area (Å²) in [6.07, 6.45) is 4.13. The van der Waals surface area contributed by atoms with Crippen molar-refractivity contribution in [2.24, 2.45) is 5.73 Å². The molecule has 2 aromatic rings. The Hall–Kier alpha value is -1.57. The molecule has 23 heavy (non-hydrogen) atoms. The molecule has 1 aliphatic rings. The smallest absolute Gasteiger partial charge is 0.356 e.